The molecular weight excluding hydrogens is 236 g/mol. The summed E-state index contributed by atoms with van der Waals surface area (Å²) in [6.07, 6.45) is 1.15. The Morgan fingerprint density at radius 3 is 2.33 bits per heavy atom. The molecule has 0 saturated heterocycles. The Morgan fingerprint density at radius 2 is 1.83 bits per heavy atom. The van der Waals surface area contributed by atoms with Gasteiger partial charge in [-0.15, -0.1) is 0 Å². The highest BCUT2D eigenvalue weighted by Gasteiger charge is 2.14. The molecule has 5 N–H and O–H groups in total. The van der Waals surface area contributed by atoms with E-state index in [0.29, 0.717) is 6.54 Å². The number of carbonyl (C=O) groups is 3. The lowest BCUT2D eigenvalue weighted by molar-refractivity contribution is -0.123. The first-order valence-corrected chi connectivity index (χ1v) is 5.99. The molecule has 0 bridgehead atoms. The SMILES string of the molecule is CCC(C)NC(=O)CCNC(C)C(=O)NC(N)=O. The zero-order chi connectivity index (χ0) is 14.1. The first-order valence-electron chi connectivity index (χ1n) is 5.99. The van der Waals surface area contributed by atoms with Crippen molar-refractivity contribution < 1.29 is 14.4 Å². The summed E-state index contributed by atoms with van der Waals surface area (Å²) >= 11 is 0. The van der Waals surface area contributed by atoms with Crippen LogP contribution in [0.15, 0.2) is 0 Å². The van der Waals surface area contributed by atoms with Gasteiger partial charge in [0.25, 0.3) is 0 Å². The second kappa shape index (κ2) is 8.46. The first-order chi connectivity index (χ1) is 8.36. The van der Waals surface area contributed by atoms with E-state index < -0.39 is 18.0 Å². The van der Waals surface area contributed by atoms with Gasteiger partial charge in [-0.1, -0.05) is 6.92 Å². The molecule has 0 aromatic rings. The van der Waals surface area contributed by atoms with E-state index in [-0.39, 0.29) is 18.4 Å². The van der Waals surface area contributed by atoms with E-state index in [9.17, 15) is 14.4 Å². The Balaban J connectivity index is 3.80. The number of primary amides is 1. The van der Waals surface area contributed by atoms with E-state index >= 15 is 0 Å². The van der Waals surface area contributed by atoms with Crippen LogP contribution in [0.4, 0.5) is 4.79 Å². The summed E-state index contributed by atoms with van der Waals surface area (Å²) < 4.78 is 0. The minimum Gasteiger partial charge on any atom is -0.354 e. The normalized spacial score (nSPS) is 13.5. The van der Waals surface area contributed by atoms with Crippen LogP contribution in [0.1, 0.15) is 33.6 Å². The van der Waals surface area contributed by atoms with Crippen LogP contribution in [-0.4, -0.2) is 36.5 Å². The van der Waals surface area contributed by atoms with Crippen molar-refractivity contribution in [1.29, 1.82) is 0 Å². The number of hydrogen-bond donors (Lipinski definition) is 4. The fourth-order valence-corrected chi connectivity index (χ4v) is 1.17. The first kappa shape index (κ1) is 16.4. The predicted octanol–water partition coefficient (Wildman–Crippen LogP) is -0.536. The van der Waals surface area contributed by atoms with Gasteiger partial charge in [-0.3, -0.25) is 14.9 Å². The van der Waals surface area contributed by atoms with Crippen LogP contribution < -0.4 is 21.7 Å². The van der Waals surface area contributed by atoms with E-state index in [0.717, 1.165) is 6.42 Å². The van der Waals surface area contributed by atoms with Gasteiger partial charge in [-0.05, 0) is 20.3 Å². The number of carbonyl (C=O) groups excluding carboxylic acids is 3. The van der Waals surface area contributed by atoms with E-state index in [2.05, 4.69) is 10.6 Å². The van der Waals surface area contributed by atoms with Gasteiger partial charge in [0.1, 0.15) is 0 Å². The molecule has 4 amide bonds. The Labute approximate surface area is 107 Å². The number of nitrogens with one attached hydrogen (secondary N) is 3. The van der Waals surface area contributed by atoms with Crippen LogP contribution in [0.2, 0.25) is 0 Å². The molecular formula is C11H22N4O3. The number of rotatable bonds is 7. The zero-order valence-corrected chi connectivity index (χ0v) is 11.1. The maximum Gasteiger partial charge on any atom is 0.318 e. The summed E-state index contributed by atoms with van der Waals surface area (Å²) in [7, 11) is 0. The lowest BCUT2D eigenvalue weighted by atomic mass is 10.2. The molecule has 0 aliphatic heterocycles. The van der Waals surface area contributed by atoms with Crippen LogP contribution >= 0.6 is 0 Å². The number of nitrogens with two attached hydrogens (primary N) is 1. The van der Waals surface area contributed by atoms with Crippen molar-refractivity contribution in [3.05, 3.63) is 0 Å². The molecule has 7 nitrogen and oxygen atoms in total. The Hall–Kier alpha value is -1.63. The number of amides is 4. The third-order valence-corrected chi connectivity index (χ3v) is 2.46. The number of urea groups is 1. The zero-order valence-electron chi connectivity index (χ0n) is 11.1. The minimum atomic E-state index is -0.886. The number of hydrogen-bond acceptors (Lipinski definition) is 4. The maximum absolute atomic E-state index is 11.4. The highest BCUT2D eigenvalue weighted by Crippen LogP contribution is 1.90. The standard InChI is InChI=1S/C11H22N4O3/c1-4-7(2)14-9(16)5-6-13-8(3)10(17)15-11(12)18/h7-8,13H,4-6H2,1-3H3,(H,14,16)(H3,12,15,17,18). The predicted molar refractivity (Wildman–Crippen MR) is 67.7 cm³/mol. The molecule has 0 fully saturated rings. The molecule has 0 aromatic carbocycles. The topological polar surface area (TPSA) is 113 Å². The van der Waals surface area contributed by atoms with Crippen molar-refractivity contribution in [2.75, 3.05) is 6.54 Å². The van der Waals surface area contributed by atoms with Gasteiger partial charge >= 0.3 is 6.03 Å². The van der Waals surface area contributed by atoms with Crippen LogP contribution in [0.25, 0.3) is 0 Å². The third kappa shape index (κ3) is 7.61. The van der Waals surface area contributed by atoms with E-state index in [1.54, 1.807) is 6.92 Å². The van der Waals surface area contributed by atoms with Gasteiger partial charge < -0.3 is 16.4 Å². The Morgan fingerprint density at radius 1 is 1.22 bits per heavy atom. The molecule has 2 unspecified atom stereocenters. The summed E-state index contributed by atoms with van der Waals surface area (Å²) in [6.45, 7) is 5.86. The summed E-state index contributed by atoms with van der Waals surface area (Å²) in [4.78, 5) is 33.1. The van der Waals surface area contributed by atoms with Gasteiger partial charge in [0.15, 0.2) is 0 Å². The third-order valence-electron chi connectivity index (χ3n) is 2.46. The molecule has 0 rings (SSSR count). The molecule has 0 aromatic heterocycles. The highest BCUT2D eigenvalue weighted by molar-refractivity contribution is 5.96. The summed E-state index contributed by atoms with van der Waals surface area (Å²) in [5.41, 5.74) is 4.82. The van der Waals surface area contributed by atoms with Gasteiger partial charge in [-0.25, -0.2) is 4.79 Å². The van der Waals surface area contributed by atoms with Crippen LogP contribution in [0, 0.1) is 0 Å². The largest absolute Gasteiger partial charge is 0.354 e. The van der Waals surface area contributed by atoms with Crippen molar-refractivity contribution in [3.63, 3.8) is 0 Å². The average molecular weight is 258 g/mol. The second-order valence-electron chi connectivity index (χ2n) is 4.16. The van der Waals surface area contributed by atoms with Crippen LogP contribution in [0.3, 0.4) is 0 Å². The van der Waals surface area contributed by atoms with Crippen molar-refractivity contribution in [1.82, 2.24) is 16.0 Å². The highest BCUT2D eigenvalue weighted by atomic mass is 16.2. The van der Waals surface area contributed by atoms with E-state index in [1.807, 2.05) is 19.2 Å². The molecule has 0 spiro atoms. The van der Waals surface area contributed by atoms with Crippen molar-refractivity contribution in [3.8, 4) is 0 Å². The maximum atomic E-state index is 11.4. The average Bonchev–Trinajstić information content (AvgIpc) is 2.27. The molecule has 0 radical (unpaired) electrons. The molecule has 0 aliphatic rings. The number of imide groups is 1. The monoisotopic (exact) mass is 258 g/mol. The Kier molecular flexibility index (Phi) is 7.69. The van der Waals surface area contributed by atoms with E-state index in [1.165, 1.54) is 0 Å². The minimum absolute atomic E-state index is 0.0700. The summed E-state index contributed by atoms with van der Waals surface area (Å²) in [5, 5.41) is 7.60. The van der Waals surface area contributed by atoms with Gasteiger partial charge in [0.2, 0.25) is 11.8 Å². The van der Waals surface area contributed by atoms with Crippen molar-refractivity contribution >= 4 is 17.8 Å². The van der Waals surface area contributed by atoms with Crippen molar-refractivity contribution in [2.24, 2.45) is 5.73 Å². The lowest BCUT2D eigenvalue weighted by Crippen LogP contribution is -2.47. The molecule has 104 valence electrons. The quantitative estimate of drug-likeness (QED) is 0.491. The summed E-state index contributed by atoms with van der Waals surface area (Å²) in [6, 6.07) is -1.31. The lowest BCUT2D eigenvalue weighted by Gasteiger charge is -2.14. The molecule has 7 heteroatoms. The van der Waals surface area contributed by atoms with Crippen LogP contribution in [0.5, 0.6) is 0 Å². The summed E-state index contributed by atoms with van der Waals surface area (Å²) in [5.74, 6) is -0.579. The molecule has 0 saturated carbocycles. The smallest absolute Gasteiger partial charge is 0.318 e. The molecule has 2 atom stereocenters. The van der Waals surface area contributed by atoms with Crippen molar-refractivity contribution in [2.45, 2.75) is 45.7 Å². The van der Waals surface area contributed by atoms with Gasteiger partial charge in [0.05, 0.1) is 6.04 Å². The second-order valence-corrected chi connectivity index (χ2v) is 4.16. The molecule has 0 aliphatic carbocycles. The van der Waals surface area contributed by atoms with E-state index in [4.69, 9.17) is 5.73 Å². The molecule has 18 heavy (non-hydrogen) atoms. The van der Waals surface area contributed by atoms with Gasteiger partial charge in [0, 0.05) is 19.0 Å². The van der Waals surface area contributed by atoms with Gasteiger partial charge in [-0.2, -0.15) is 0 Å². The molecule has 0 heterocycles. The fourth-order valence-electron chi connectivity index (χ4n) is 1.17. The fraction of sp³-hybridized carbons (Fsp3) is 0.727. The van der Waals surface area contributed by atoms with Crippen LogP contribution in [-0.2, 0) is 9.59 Å². The Bertz CT molecular complexity index is 307.